The fourth-order valence-corrected chi connectivity index (χ4v) is 3.98. The van der Waals surface area contributed by atoms with Gasteiger partial charge in [-0.3, -0.25) is 14.5 Å². The summed E-state index contributed by atoms with van der Waals surface area (Å²) in [5.41, 5.74) is 0.393. The number of carbonyl (C=O) groups is 2. The van der Waals surface area contributed by atoms with Crippen LogP contribution in [0, 0.1) is 0 Å². The monoisotopic (exact) mass is 510 g/mol. The van der Waals surface area contributed by atoms with Crippen molar-refractivity contribution in [1.29, 1.82) is 0 Å². The Balaban J connectivity index is 2.04. The summed E-state index contributed by atoms with van der Waals surface area (Å²) in [4.78, 5) is 25.8. The van der Waals surface area contributed by atoms with Gasteiger partial charge in [-0.15, -0.1) is 0 Å². The van der Waals surface area contributed by atoms with Gasteiger partial charge >= 0.3 is 5.97 Å². The van der Waals surface area contributed by atoms with Crippen LogP contribution in [0.1, 0.15) is 24.0 Å². The fraction of sp³-hybridized carbons (Fsp3) is 0.211. The van der Waals surface area contributed by atoms with Gasteiger partial charge < -0.3 is 10.4 Å². The molecule has 0 unspecified atom stereocenters. The molecule has 1 heterocycles. The number of hydrogen-bond acceptors (Lipinski definition) is 3. The van der Waals surface area contributed by atoms with Crippen LogP contribution >= 0.6 is 44.1 Å². The average Bonchev–Trinajstić information content (AvgIpc) is 2.88. The number of halogens is 2. The second-order valence-electron chi connectivity index (χ2n) is 6.15. The molecule has 2 N–H and O–H groups in total. The van der Waals surface area contributed by atoms with Crippen molar-refractivity contribution in [3.05, 3.63) is 68.6 Å². The number of nitrogens with one attached hydrogen (secondary N) is 1. The van der Waals surface area contributed by atoms with Gasteiger partial charge in [0.2, 0.25) is 0 Å². The Bertz CT molecular complexity index is 839. The van der Waals surface area contributed by atoms with Crippen molar-refractivity contribution in [2.75, 3.05) is 6.54 Å². The van der Waals surface area contributed by atoms with Crippen molar-refractivity contribution in [3.63, 3.8) is 0 Å². The van der Waals surface area contributed by atoms with Gasteiger partial charge in [-0.05, 0) is 54.0 Å². The van der Waals surface area contributed by atoms with Gasteiger partial charge in [-0.25, -0.2) is 0 Å². The number of amides is 1. The van der Waals surface area contributed by atoms with E-state index < -0.39 is 11.5 Å². The summed E-state index contributed by atoms with van der Waals surface area (Å²) in [6.07, 6.45) is 0.315. The van der Waals surface area contributed by atoms with Gasteiger partial charge in [-0.2, -0.15) is 0 Å². The zero-order valence-electron chi connectivity index (χ0n) is 14.1. The molecular weight excluding hydrogens is 496 g/mol. The number of thiocarbonyl (C=S) groups is 1. The minimum absolute atomic E-state index is 0.0179. The number of carboxylic acid groups (broad SMARTS) is 1. The molecule has 8 heteroatoms. The predicted octanol–water partition coefficient (Wildman–Crippen LogP) is 4.04. The number of carbonyl (C=O) groups excluding carboxylic acids is 1. The highest BCUT2D eigenvalue weighted by molar-refractivity contribution is 9.10. The van der Waals surface area contributed by atoms with E-state index >= 15 is 0 Å². The lowest BCUT2D eigenvalue weighted by molar-refractivity contribution is -0.137. The molecule has 27 heavy (non-hydrogen) atoms. The summed E-state index contributed by atoms with van der Waals surface area (Å²) in [5.74, 6) is -1.10. The average molecular weight is 512 g/mol. The molecule has 1 fully saturated rings. The Morgan fingerprint density at radius 2 is 1.52 bits per heavy atom. The molecule has 0 bridgehead atoms. The van der Waals surface area contributed by atoms with Crippen molar-refractivity contribution in [1.82, 2.24) is 10.2 Å². The van der Waals surface area contributed by atoms with Gasteiger partial charge in [0.15, 0.2) is 10.7 Å². The molecule has 140 valence electrons. The van der Waals surface area contributed by atoms with E-state index in [1.807, 2.05) is 48.5 Å². The zero-order valence-corrected chi connectivity index (χ0v) is 18.1. The Morgan fingerprint density at radius 3 is 1.96 bits per heavy atom. The van der Waals surface area contributed by atoms with E-state index in [-0.39, 0.29) is 18.9 Å². The normalized spacial score (nSPS) is 15.7. The highest BCUT2D eigenvalue weighted by Crippen LogP contribution is 2.37. The third-order valence-corrected chi connectivity index (χ3v) is 5.81. The highest BCUT2D eigenvalue weighted by atomic mass is 79.9. The quantitative estimate of drug-likeness (QED) is 0.573. The zero-order chi connectivity index (χ0) is 19.6. The first-order chi connectivity index (χ1) is 12.8. The number of nitrogens with zero attached hydrogens (tertiary/aromatic N) is 1. The van der Waals surface area contributed by atoms with E-state index in [9.17, 15) is 9.59 Å². The van der Waals surface area contributed by atoms with Crippen LogP contribution in [0.3, 0.4) is 0 Å². The molecule has 0 saturated carbocycles. The Hall–Kier alpha value is -1.77. The summed E-state index contributed by atoms with van der Waals surface area (Å²) in [7, 11) is 0. The van der Waals surface area contributed by atoms with E-state index in [4.69, 9.17) is 17.3 Å². The Labute approximate surface area is 179 Å². The maximum Gasteiger partial charge on any atom is 0.303 e. The van der Waals surface area contributed by atoms with Gasteiger partial charge in [0, 0.05) is 21.9 Å². The first kappa shape index (κ1) is 20.0. The predicted molar refractivity (Wildman–Crippen MR) is 113 cm³/mol. The van der Waals surface area contributed by atoms with Crippen LogP contribution in [-0.4, -0.2) is 33.5 Å². The number of carboxylic acids is 1. The molecule has 0 radical (unpaired) electrons. The lowest BCUT2D eigenvalue weighted by Crippen LogP contribution is -2.45. The molecule has 0 atom stereocenters. The van der Waals surface area contributed by atoms with Crippen LogP contribution in [0.5, 0.6) is 0 Å². The van der Waals surface area contributed by atoms with Crippen molar-refractivity contribution in [3.8, 4) is 0 Å². The molecule has 1 aliphatic heterocycles. The van der Waals surface area contributed by atoms with E-state index in [0.717, 1.165) is 20.1 Å². The molecule has 3 rings (SSSR count). The molecular formula is C19H16Br2N2O3S. The molecule has 5 nitrogen and oxygen atoms in total. The van der Waals surface area contributed by atoms with Crippen LogP contribution in [0.4, 0.5) is 0 Å². The summed E-state index contributed by atoms with van der Waals surface area (Å²) >= 11 is 12.3. The first-order valence-corrected chi connectivity index (χ1v) is 10.2. The molecule has 0 spiro atoms. The number of benzene rings is 2. The first-order valence-electron chi connectivity index (χ1n) is 8.22. The van der Waals surface area contributed by atoms with E-state index in [0.29, 0.717) is 11.5 Å². The second-order valence-corrected chi connectivity index (χ2v) is 8.37. The summed E-state index contributed by atoms with van der Waals surface area (Å²) in [6.45, 7) is 0.256. The Kier molecular flexibility index (Phi) is 5.98. The van der Waals surface area contributed by atoms with Crippen LogP contribution in [-0.2, 0) is 15.1 Å². The van der Waals surface area contributed by atoms with Crippen molar-refractivity contribution in [2.24, 2.45) is 0 Å². The second kappa shape index (κ2) is 8.08. The molecule has 1 saturated heterocycles. The van der Waals surface area contributed by atoms with Crippen molar-refractivity contribution < 1.29 is 14.7 Å². The fourth-order valence-electron chi connectivity index (χ4n) is 3.13. The maximum atomic E-state index is 13.5. The van der Waals surface area contributed by atoms with Crippen LogP contribution < -0.4 is 5.32 Å². The third kappa shape index (κ3) is 3.93. The molecule has 2 aromatic carbocycles. The number of aliphatic carboxylic acids is 1. The van der Waals surface area contributed by atoms with Crippen LogP contribution in [0.2, 0.25) is 0 Å². The summed E-state index contributed by atoms with van der Waals surface area (Å²) in [5, 5.41) is 12.4. The van der Waals surface area contributed by atoms with E-state index in [2.05, 4.69) is 37.2 Å². The molecule has 2 aromatic rings. The van der Waals surface area contributed by atoms with Gasteiger partial charge in [0.25, 0.3) is 5.91 Å². The van der Waals surface area contributed by atoms with Gasteiger partial charge in [0.1, 0.15) is 0 Å². The van der Waals surface area contributed by atoms with Crippen molar-refractivity contribution in [2.45, 2.75) is 18.4 Å². The minimum atomic E-state index is -1.14. The molecule has 1 amide bonds. The third-order valence-electron chi connectivity index (χ3n) is 4.43. The van der Waals surface area contributed by atoms with E-state index in [1.54, 1.807) is 0 Å². The lowest BCUT2D eigenvalue weighted by Gasteiger charge is -2.28. The van der Waals surface area contributed by atoms with Crippen LogP contribution in [0.25, 0.3) is 0 Å². The standard InChI is InChI=1S/C19H16Br2N2O3S/c20-14-7-3-12(4-8-14)19(13-5-9-15(21)10-6-13)17(26)23(18(27)22-19)11-1-2-16(24)25/h3-10H,1-2,11H2,(H,22,27)(H,24,25). The lowest BCUT2D eigenvalue weighted by atomic mass is 9.82. The number of rotatable bonds is 6. The van der Waals surface area contributed by atoms with Gasteiger partial charge in [0.05, 0.1) is 0 Å². The highest BCUT2D eigenvalue weighted by Gasteiger charge is 2.51. The molecule has 0 aromatic heterocycles. The Morgan fingerprint density at radius 1 is 1.04 bits per heavy atom. The SMILES string of the molecule is O=C(O)CCCN1C(=O)C(c2ccc(Br)cc2)(c2ccc(Br)cc2)NC1=S. The van der Waals surface area contributed by atoms with Crippen LogP contribution in [0.15, 0.2) is 57.5 Å². The molecule has 1 aliphatic rings. The largest absolute Gasteiger partial charge is 0.481 e. The topological polar surface area (TPSA) is 69.6 Å². The smallest absolute Gasteiger partial charge is 0.303 e. The van der Waals surface area contributed by atoms with E-state index in [1.165, 1.54) is 4.90 Å². The number of hydrogen-bond donors (Lipinski definition) is 2. The summed E-state index contributed by atoms with van der Waals surface area (Å²) < 4.78 is 1.81. The molecule has 0 aliphatic carbocycles. The van der Waals surface area contributed by atoms with Crippen molar-refractivity contribution >= 4 is 61.1 Å². The minimum Gasteiger partial charge on any atom is -0.481 e. The maximum absolute atomic E-state index is 13.5. The summed E-state index contributed by atoms with van der Waals surface area (Å²) in [6, 6.07) is 15.0. The van der Waals surface area contributed by atoms with Gasteiger partial charge in [-0.1, -0.05) is 56.1 Å².